The van der Waals surface area contributed by atoms with E-state index in [2.05, 4.69) is 19.2 Å². The maximum absolute atomic E-state index is 11.2. The van der Waals surface area contributed by atoms with Gasteiger partial charge in [0.1, 0.15) is 6.61 Å². The topological polar surface area (TPSA) is 38.3 Å². The number of fused-ring (bicyclic) bond motifs is 1. The van der Waals surface area contributed by atoms with Gasteiger partial charge in [0, 0.05) is 12.0 Å². The van der Waals surface area contributed by atoms with Crippen LogP contribution in [0.25, 0.3) is 0 Å². The third-order valence-electron chi connectivity index (χ3n) is 2.60. The quantitative estimate of drug-likeness (QED) is 0.533. The van der Waals surface area contributed by atoms with Crippen LogP contribution >= 0.6 is 0 Å². The van der Waals surface area contributed by atoms with Crippen molar-refractivity contribution in [2.24, 2.45) is 5.41 Å². The molecule has 11 heavy (non-hydrogen) atoms. The van der Waals surface area contributed by atoms with Crippen molar-refractivity contribution in [2.75, 3.05) is 13.2 Å². The number of Topliss-reactive ketones (excluding diaryl/α,β-unsaturated/α-hetero) is 1. The fourth-order valence-corrected chi connectivity index (χ4v) is 1.90. The molecule has 2 rings (SSSR count). The van der Waals surface area contributed by atoms with Gasteiger partial charge in [0.05, 0.1) is 12.1 Å². The monoisotopic (exact) mass is 155 g/mol. The summed E-state index contributed by atoms with van der Waals surface area (Å²) in [6.45, 7) is 5.44. The van der Waals surface area contributed by atoms with Gasteiger partial charge in [-0.2, -0.15) is 0 Å². The van der Waals surface area contributed by atoms with Crippen molar-refractivity contribution in [1.82, 2.24) is 5.32 Å². The zero-order valence-corrected chi connectivity index (χ0v) is 6.89. The van der Waals surface area contributed by atoms with Gasteiger partial charge in [-0.05, 0) is 0 Å². The van der Waals surface area contributed by atoms with Crippen LogP contribution < -0.4 is 5.32 Å². The Morgan fingerprint density at radius 2 is 2.36 bits per heavy atom. The highest BCUT2D eigenvalue weighted by Gasteiger charge is 2.49. The summed E-state index contributed by atoms with van der Waals surface area (Å²) in [6.07, 6.45) is 0.106. The predicted molar refractivity (Wildman–Crippen MR) is 40.3 cm³/mol. The molecule has 0 aromatic rings. The Kier molecular flexibility index (Phi) is 1.35. The fourth-order valence-electron chi connectivity index (χ4n) is 1.90. The van der Waals surface area contributed by atoms with Crippen molar-refractivity contribution in [3.8, 4) is 0 Å². The lowest BCUT2D eigenvalue weighted by Crippen LogP contribution is -2.34. The number of carbonyl (C=O) groups is 1. The van der Waals surface area contributed by atoms with Crippen LogP contribution in [0.5, 0.6) is 0 Å². The van der Waals surface area contributed by atoms with Gasteiger partial charge in [-0.25, -0.2) is 0 Å². The van der Waals surface area contributed by atoms with Gasteiger partial charge in [0.15, 0.2) is 5.78 Å². The molecule has 2 fully saturated rings. The lowest BCUT2D eigenvalue weighted by atomic mass is 9.87. The summed E-state index contributed by atoms with van der Waals surface area (Å²) in [4.78, 5) is 11.2. The first-order valence-electron chi connectivity index (χ1n) is 3.99. The van der Waals surface area contributed by atoms with Crippen LogP contribution in [0, 0.1) is 5.41 Å². The Bertz CT molecular complexity index is 200. The number of hydrogen-bond acceptors (Lipinski definition) is 3. The number of rotatable bonds is 0. The molecule has 0 spiro atoms. The number of ether oxygens (including phenoxy) is 1. The molecule has 3 nitrogen and oxygen atoms in total. The fraction of sp³-hybridized carbons (Fsp3) is 0.875. The van der Waals surface area contributed by atoms with E-state index in [9.17, 15) is 4.79 Å². The molecule has 2 aliphatic rings. The Labute approximate surface area is 66.1 Å². The van der Waals surface area contributed by atoms with E-state index in [1.54, 1.807) is 0 Å². The first kappa shape index (κ1) is 7.25. The molecule has 0 aromatic carbocycles. The molecule has 2 atom stereocenters. The molecule has 0 saturated carbocycles. The van der Waals surface area contributed by atoms with Gasteiger partial charge in [-0.15, -0.1) is 0 Å². The molecule has 2 heterocycles. The molecule has 0 radical (unpaired) electrons. The van der Waals surface area contributed by atoms with E-state index in [-0.39, 0.29) is 23.3 Å². The summed E-state index contributed by atoms with van der Waals surface area (Å²) in [5.74, 6) is 0.209. The largest absolute Gasteiger partial charge is 0.368 e. The molecule has 0 aliphatic carbocycles. The van der Waals surface area contributed by atoms with Crippen molar-refractivity contribution in [2.45, 2.75) is 26.0 Å². The second-order valence-electron chi connectivity index (χ2n) is 4.05. The molecule has 0 amide bonds. The minimum Gasteiger partial charge on any atom is -0.368 e. The average Bonchev–Trinajstić information content (AvgIpc) is 2.39. The van der Waals surface area contributed by atoms with E-state index in [0.29, 0.717) is 6.61 Å². The van der Waals surface area contributed by atoms with Gasteiger partial charge < -0.3 is 10.1 Å². The molecular weight excluding hydrogens is 142 g/mol. The molecule has 0 unspecified atom stereocenters. The highest BCUT2D eigenvalue weighted by Crippen LogP contribution is 2.34. The summed E-state index contributed by atoms with van der Waals surface area (Å²) in [5.41, 5.74) is 0.122. The molecule has 3 heteroatoms. The van der Waals surface area contributed by atoms with E-state index in [1.807, 2.05) is 0 Å². The van der Waals surface area contributed by atoms with Crippen molar-refractivity contribution in [3.63, 3.8) is 0 Å². The zero-order chi connectivity index (χ0) is 8.06. The average molecular weight is 155 g/mol. The van der Waals surface area contributed by atoms with Gasteiger partial charge in [-0.1, -0.05) is 13.8 Å². The number of nitrogens with one attached hydrogen (secondary N) is 1. The minimum atomic E-state index is -0.0231. The van der Waals surface area contributed by atoms with E-state index < -0.39 is 0 Å². The van der Waals surface area contributed by atoms with E-state index in [1.165, 1.54) is 0 Å². The van der Waals surface area contributed by atoms with Crippen LogP contribution in [0.15, 0.2) is 0 Å². The summed E-state index contributed by atoms with van der Waals surface area (Å²) < 4.78 is 5.39. The molecular formula is C8H13NO2. The first-order chi connectivity index (χ1) is 5.11. The third-order valence-corrected chi connectivity index (χ3v) is 2.60. The Balaban J connectivity index is 2.23. The van der Waals surface area contributed by atoms with Crippen LogP contribution in [0.3, 0.4) is 0 Å². The van der Waals surface area contributed by atoms with Crippen LogP contribution in [-0.4, -0.2) is 31.1 Å². The second-order valence-corrected chi connectivity index (χ2v) is 4.05. The van der Waals surface area contributed by atoms with Gasteiger partial charge in [0.2, 0.25) is 0 Å². The number of ketones is 1. The van der Waals surface area contributed by atoms with Gasteiger partial charge >= 0.3 is 0 Å². The lowest BCUT2D eigenvalue weighted by molar-refractivity contribution is -0.119. The van der Waals surface area contributed by atoms with Crippen molar-refractivity contribution in [3.05, 3.63) is 0 Å². The van der Waals surface area contributed by atoms with Crippen LogP contribution in [0.4, 0.5) is 0 Å². The first-order valence-corrected chi connectivity index (χ1v) is 3.99. The maximum atomic E-state index is 11.2. The van der Waals surface area contributed by atoms with Crippen molar-refractivity contribution in [1.29, 1.82) is 0 Å². The molecule has 1 N–H and O–H groups in total. The Morgan fingerprint density at radius 1 is 1.64 bits per heavy atom. The molecule has 62 valence electrons. The highest BCUT2D eigenvalue weighted by molar-refractivity contribution is 5.88. The predicted octanol–water partition coefficient (Wildman–Crippen LogP) is -0.0477. The Morgan fingerprint density at radius 3 is 3.00 bits per heavy atom. The second kappa shape index (κ2) is 2.05. The smallest absolute Gasteiger partial charge is 0.177 e. The van der Waals surface area contributed by atoms with E-state index in [0.717, 1.165) is 6.54 Å². The number of carbonyl (C=O) groups excluding carboxylic acids is 1. The maximum Gasteiger partial charge on any atom is 0.177 e. The van der Waals surface area contributed by atoms with Gasteiger partial charge in [-0.3, -0.25) is 4.79 Å². The van der Waals surface area contributed by atoms with Crippen molar-refractivity contribution >= 4 is 5.78 Å². The summed E-state index contributed by atoms with van der Waals surface area (Å²) in [6, 6.07) is -0.0231. The van der Waals surface area contributed by atoms with Crippen LogP contribution in [-0.2, 0) is 9.53 Å². The lowest BCUT2D eigenvalue weighted by Gasteiger charge is -2.22. The molecule has 2 aliphatic heterocycles. The Hall–Kier alpha value is -0.410. The molecule has 2 saturated heterocycles. The van der Waals surface area contributed by atoms with Crippen LogP contribution in [0.1, 0.15) is 13.8 Å². The zero-order valence-electron chi connectivity index (χ0n) is 6.89. The van der Waals surface area contributed by atoms with Crippen molar-refractivity contribution < 1.29 is 9.53 Å². The number of hydrogen-bond donors (Lipinski definition) is 1. The summed E-state index contributed by atoms with van der Waals surface area (Å²) in [7, 11) is 0. The molecule has 0 aromatic heterocycles. The van der Waals surface area contributed by atoms with E-state index >= 15 is 0 Å². The van der Waals surface area contributed by atoms with E-state index in [4.69, 9.17) is 4.74 Å². The summed E-state index contributed by atoms with van der Waals surface area (Å²) >= 11 is 0. The highest BCUT2D eigenvalue weighted by atomic mass is 16.5. The molecule has 0 bridgehead atoms. The van der Waals surface area contributed by atoms with Crippen LogP contribution in [0.2, 0.25) is 0 Å². The SMILES string of the molecule is CC1(C)CN[C@@H]2C(=O)CO[C@@H]21. The third kappa shape index (κ3) is 0.914. The summed E-state index contributed by atoms with van der Waals surface area (Å²) in [5, 5.41) is 3.18. The van der Waals surface area contributed by atoms with Gasteiger partial charge in [0.25, 0.3) is 0 Å². The minimum absolute atomic E-state index is 0.0231. The standard InChI is InChI=1S/C8H13NO2/c1-8(2)4-9-6-5(10)3-11-7(6)8/h6-7,9H,3-4H2,1-2H3/t6-,7+/m1/s1. The normalized spacial score (nSPS) is 41.1.